The predicted molar refractivity (Wildman–Crippen MR) is 136 cm³/mol. The van der Waals surface area contributed by atoms with Crippen molar-refractivity contribution in [3.05, 3.63) is 94.7 Å². The number of anilines is 1. The molecule has 2 aliphatic rings. The van der Waals surface area contributed by atoms with Gasteiger partial charge in [-0.15, -0.1) is 0 Å². The lowest BCUT2D eigenvalue weighted by molar-refractivity contribution is 0.0303. The van der Waals surface area contributed by atoms with Gasteiger partial charge in [-0.25, -0.2) is 4.90 Å². The van der Waals surface area contributed by atoms with Crippen molar-refractivity contribution >= 4 is 46.5 Å². The van der Waals surface area contributed by atoms with Crippen LogP contribution in [0.1, 0.15) is 42.3 Å². The van der Waals surface area contributed by atoms with E-state index in [1.807, 2.05) is 36.4 Å². The Hall–Kier alpha value is -4.56. The van der Waals surface area contributed by atoms with Gasteiger partial charge >= 0.3 is 0 Å². The third-order valence-electron chi connectivity index (χ3n) is 6.53. The number of morpholine rings is 1. The Labute approximate surface area is 206 Å². The average Bonchev–Trinajstić information content (AvgIpc) is 3.46. The summed E-state index contributed by atoms with van der Waals surface area (Å²) in [6.07, 6.45) is 3.64. The summed E-state index contributed by atoms with van der Waals surface area (Å²) < 4.78 is 5.36. The van der Waals surface area contributed by atoms with Gasteiger partial charge < -0.3 is 9.64 Å². The van der Waals surface area contributed by atoms with Crippen LogP contribution < -0.4 is 4.90 Å². The van der Waals surface area contributed by atoms with Crippen LogP contribution >= 0.6 is 0 Å². The van der Waals surface area contributed by atoms with E-state index in [9.17, 15) is 14.4 Å². The fraction of sp³-hybridized carbons (Fsp3) is 0.143. The van der Waals surface area contributed by atoms with Gasteiger partial charge in [0.2, 0.25) is 0 Å². The number of hydrogen-bond acceptors (Lipinski definition) is 5. The molecule has 3 aromatic carbocycles. The summed E-state index contributed by atoms with van der Waals surface area (Å²) in [6.45, 7) is 1.95. The molecule has 2 aliphatic heterocycles. The Balaban J connectivity index is 1.43. The first-order chi connectivity index (χ1) is 17.6. The minimum atomic E-state index is -0.411. The largest absolute Gasteiger partial charge is 0.378 e. The number of nitrogens with one attached hydrogen (secondary N) is 1. The van der Waals surface area contributed by atoms with Crippen LogP contribution in [0.4, 0.5) is 5.69 Å². The summed E-state index contributed by atoms with van der Waals surface area (Å²) in [4.78, 5) is 42.7. The van der Waals surface area contributed by atoms with E-state index in [-0.39, 0.29) is 5.91 Å². The molecule has 3 heterocycles. The van der Waals surface area contributed by atoms with E-state index in [4.69, 9.17) is 4.74 Å². The Morgan fingerprint density at radius 1 is 0.889 bits per heavy atom. The summed E-state index contributed by atoms with van der Waals surface area (Å²) in [5.41, 5.74) is 3.72. The van der Waals surface area contributed by atoms with E-state index in [0.29, 0.717) is 54.2 Å². The van der Waals surface area contributed by atoms with Crippen LogP contribution in [0, 0.1) is 0 Å². The molecule has 178 valence electrons. The number of H-pyrrole nitrogens is 1. The van der Waals surface area contributed by atoms with Crippen LogP contribution in [0.3, 0.4) is 0 Å². The zero-order valence-corrected chi connectivity index (χ0v) is 19.3. The van der Waals surface area contributed by atoms with Crippen LogP contribution in [0.15, 0.2) is 66.7 Å². The van der Waals surface area contributed by atoms with Crippen molar-refractivity contribution in [1.82, 2.24) is 15.1 Å². The Bertz CT molecular complexity index is 1510. The highest BCUT2D eigenvalue weighted by molar-refractivity contribution is 6.35. The molecule has 1 N–H and O–H groups in total. The summed E-state index contributed by atoms with van der Waals surface area (Å²) in [5, 5.41) is 8.33. The second kappa shape index (κ2) is 8.90. The van der Waals surface area contributed by atoms with Crippen molar-refractivity contribution in [3.8, 4) is 0 Å². The van der Waals surface area contributed by atoms with E-state index in [2.05, 4.69) is 10.2 Å². The predicted octanol–water partition coefficient (Wildman–Crippen LogP) is 4.01. The first kappa shape index (κ1) is 21.9. The van der Waals surface area contributed by atoms with Crippen molar-refractivity contribution in [2.24, 2.45) is 0 Å². The highest BCUT2D eigenvalue weighted by Gasteiger charge is 2.37. The monoisotopic (exact) mass is 478 g/mol. The zero-order chi connectivity index (χ0) is 24.6. The molecule has 0 radical (unpaired) electrons. The highest BCUT2D eigenvalue weighted by atomic mass is 16.5. The molecule has 8 nitrogen and oxygen atoms in total. The number of rotatable bonds is 4. The number of ether oxygens (including phenoxy) is 1. The van der Waals surface area contributed by atoms with E-state index < -0.39 is 11.8 Å². The maximum Gasteiger partial charge on any atom is 0.266 e. The fourth-order valence-electron chi connectivity index (χ4n) is 4.65. The van der Waals surface area contributed by atoms with Crippen molar-refractivity contribution in [1.29, 1.82) is 0 Å². The standard InChI is InChI=1S/C28H22N4O4/c33-26(31-13-15-36-16-14-31)19-10-9-18(11-12-24-22-7-3-4-8-23(22)29-30-24)25(17-19)32-27(34)20-5-1-2-6-21(20)28(32)35/h1-12,17H,13-16H2,(H,29,30). The summed E-state index contributed by atoms with van der Waals surface area (Å²) in [6, 6.07) is 19.6. The maximum absolute atomic E-state index is 13.3. The van der Waals surface area contributed by atoms with Gasteiger partial charge in [0.1, 0.15) is 0 Å². The van der Waals surface area contributed by atoms with Gasteiger partial charge in [-0.3, -0.25) is 19.5 Å². The van der Waals surface area contributed by atoms with Crippen LogP contribution in [0.5, 0.6) is 0 Å². The van der Waals surface area contributed by atoms with E-state index >= 15 is 0 Å². The zero-order valence-electron chi connectivity index (χ0n) is 19.3. The molecule has 0 aliphatic carbocycles. The number of imide groups is 1. The van der Waals surface area contributed by atoms with Gasteiger partial charge in [0, 0.05) is 24.0 Å². The number of benzene rings is 3. The molecule has 6 rings (SSSR count). The third kappa shape index (κ3) is 3.68. The topological polar surface area (TPSA) is 95.6 Å². The Kier molecular flexibility index (Phi) is 5.42. The smallest absolute Gasteiger partial charge is 0.266 e. The van der Waals surface area contributed by atoms with Crippen molar-refractivity contribution in [3.63, 3.8) is 0 Å². The van der Waals surface area contributed by atoms with Gasteiger partial charge in [0.15, 0.2) is 0 Å². The van der Waals surface area contributed by atoms with Crippen molar-refractivity contribution in [2.75, 3.05) is 31.2 Å². The lowest BCUT2D eigenvalue weighted by atomic mass is 10.0. The third-order valence-corrected chi connectivity index (χ3v) is 6.53. The van der Waals surface area contributed by atoms with Crippen LogP contribution in [-0.2, 0) is 4.74 Å². The first-order valence-electron chi connectivity index (χ1n) is 11.7. The number of carbonyl (C=O) groups is 3. The summed E-state index contributed by atoms with van der Waals surface area (Å²) >= 11 is 0. The molecule has 0 unspecified atom stereocenters. The normalized spacial score (nSPS) is 15.8. The van der Waals surface area contributed by atoms with Crippen LogP contribution in [-0.4, -0.2) is 59.1 Å². The molecule has 1 aromatic heterocycles. The second-order valence-corrected chi connectivity index (χ2v) is 8.66. The number of carbonyl (C=O) groups excluding carboxylic acids is 3. The maximum atomic E-state index is 13.3. The molecule has 0 saturated carbocycles. The minimum Gasteiger partial charge on any atom is -0.378 e. The molecule has 0 spiro atoms. The Morgan fingerprint density at radius 2 is 1.58 bits per heavy atom. The lowest BCUT2D eigenvalue weighted by Crippen LogP contribution is -2.40. The molecule has 1 fully saturated rings. The van der Waals surface area contributed by atoms with Crippen molar-refractivity contribution < 1.29 is 19.1 Å². The second-order valence-electron chi connectivity index (χ2n) is 8.66. The number of aromatic amines is 1. The van der Waals surface area contributed by atoms with Gasteiger partial charge in [-0.05, 0) is 42.0 Å². The molecular weight excluding hydrogens is 456 g/mol. The molecule has 3 amide bonds. The van der Waals surface area contributed by atoms with Gasteiger partial charge in [-0.2, -0.15) is 5.10 Å². The van der Waals surface area contributed by atoms with E-state index in [1.165, 1.54) is 0 Å². The number of para-hydroxylation sites is 1. The number of aromatic nitrogens is 2. The van der Waals surface area contributed by atoms with Crippen LogP contribution in [0.25, 0.3) is 23.1 Å². The van der Waals surface area contributed by atoms with Gasteiger partial charge in [0.25, 0.3) is 17.7 Å². The van der Waals surface area contributed by atoms with Crippen LogP contribution in [0.2, 0.25) is 0 Å². The molecule has 0 atom stereocenters. The summed E-state index contributed by atoms with van der Waals surface area (Å²) in [5.74, 6) is -0.983. The lowest BCUT2D eigenvalue weighted by Gasteiger charge is -2.27. The molecule has 36 heavy (non-hydrogen) atoms. The molecule has 8 heteroatoms. The molecule has 1 saturated heterocycles. The molecule has 4 aromatic rings. The number of hydrogen-bond donors (Lipinski definition) is 1. The average molecular weight is 479 g/mol. The number of fused-ring (bicyclic) bond motifs is 2. The first-order valence-corrected chi connectivity index (χ1v) is 11.7. The Morgan fingerprint density at radius 3 is 2.33 bits per heavy atom. The van der Waals surface area contributed by atoms with Crippen molar-refractivity contribution in [2.45, 2.75) is 0 Å². The quantitative estimate of drug-likeness (QED) is 0.447. The minimum absolute atomic E-state index is 0.162. The van der Waals surface area contributed by atoms with Gasteiger partial charge in [0.05, 0.1) is 41.2 Å². The highest BCUT2D eigenvalue weighted by Crippen LogP contribution is 2.33. The number of amides is 3. The van der Waals surface area contributed by atoms with E-state index in [0.717, 1.165) is 21.5 Å². The molecule has 0 bridgehead atoms. The fourth-order valence-corrected chi connectivity index (χ4v) is 4.65. The van der Waals surface area contributed by atoms with E-state index in [1.54, 1.807) is 47.4 Å². The summed E-state index contributed by atoms with van der Waals surface area (Å²) in [7, 11) is 0. The van der Waals surface area contributed by atoms with Gasteiger partial charge in [-0.1, -0.05) is 42.5 Å². The SMILES string of the molecule is O=C(c1ccc(C=Cc2n[nH]c3ccccc23)c(N2C(=O)c3ccccc3C2=O)c1)N1CCOCC1. The number of nitrogens with zero attached hydrogens (tertiary/aromatic N) is 3. The molecular formula is C28H22N4O4.